The van der Waals surface area contributed by atoms with Crippen LogP contribution in [0.25, 0.3) is 0 Å². The van der Waals surface area contributed by atoms with E-state index in [2.05, 4.69) is 5.32 Å². The minimum absolute atomic E-state index is 0. The van der Waals surface area contributed by atoms with Gasteiger partial charge in [-0.3, -0.25) is 4.79 Å². The van der Waals surface area contributed by atoms with Crippen molar-refractivity contribution in [1.29, 1.82) is 0 Å². The van der Waals surface area contributed by atoms with E-state index in [0.717, 1.165) is 6.92 Å². The summed E-state index contributed by atoms with van der Waals surface area (Å²) in [6, 6.07) is 4.61. The van der Waals surface area contributed by atoms with Gasteiger partial charge in [0.25, 0.3) is 0 Å². The van der Waals surface area contributed by atoms with Crippen LogP contribution in [0.1, 0.15) is 32.4 Å². The molecule has 0 aliphatic heterocycles. The number of aliphatic carboxylic acids is 1. The zero-order chi connectivity index (χ0) is 16.6. The molecule has 1 atom stereocenters. The number of ketones is 1. The molecule has 23 heavy (non-hydrogen) atoms. The summed E-state index contributed by atoms with van der Waals surface area (Å²) in [4.78, 5) is 18.9. The second-order valence-electron chi connectivity index (χ2n) is 4.69. The van der Waals surface area contributed by atoms with Gasteiger partial charge in [0.1, 0.15) is 0 Å². The number of halogens is 1. The molecule has 0 saturated carbocycles. The zero-order valence-corrected chi connectivity index (χ0v) is 13.4. The van der Waals surface area contributed by atoms with Crippen molar-refractivity contribution in [1.82, 2.24) is 5.32 Å². The molecule has 0 saturated heterocycles. The number of phenols is 2. The molecule has 128 valence electrons. The third-order valence-corrected chi connectivity index (χ3v) is 2.40. The Balaban J connectivity index is -0.000000434. The Morgan fingerprint density at radius 1 is 1.17 bits per heavy atom. The van der Waals surface area contributed by atoms with Gasteiger partial charge in [0.2, 0.25) is 5.78 Å². The molecule has 1 aromatic carbocycles. The van der Waals surface area contributed by atoms with Gasteiger partial charge in [-0.15, -0.1) is 12.4 Å². The summed E-state index contributed by atoms with van der Waals surface area (Å²) >= 11 is 0. The zero-order valence-electron chi connectivity index (χ0n) is 12.6. The third-order valence-electron chi connectivity index (χ3n) is 2.40. The molecule has 9 heteroatoms. The maximum atomic E-state index is 9.73. The third kappa shape index (κ3) is 12.3. The van der Waals surface area contributed by atoms with Gasteiger partial charge in [0.05, 0.1) is 6.10 Å². The maximum absolute atomic E-state index is 9.73. The Bertz CT molecular complexity index is 486. The fourth-order valence-corrected chi connectivity index (χ4v) is 1.21. The van der Waals surface area contributed by atoms with Crippen LogP contribution in [0, 0.1) is 0 Å². The first-order valence-corrected chi connectivity index (χ1v) is 6.32. The first-order valence-electron chi connectivity index (χ1n) is 6.32. The molecular formula is C14H23ClNNaO6. The monoisotopic (exact) mass is 359 g/mol. The summed E-state index contributed by atoms with van der Waals surface area (Å²) in [6.07, 6.45) is -0.682. The number of hydrogen-bond donors (Lipinski definition) is 5. The van der Waals surface area contributed by atoms with Crippen LogP contribution in [-0.4, -0.2) is 74.3 Å². The number of carboxylic acid groups (broad SMARTS) is 1. The molecule has 1 unspecified atom stereocenters. The topological polar surface area (TPSA) is 127 Å². The molecule has 5 N–H and O–H groups in total. The molecule has 0 aliphatic rings. The van der Waals surface area contributed by atoms with Crippen molar-refractivity contribution in [2.45, 2.75) is 32.9 Å². The number of carboxylic acids is 1. The van der Waals surface area contributed by atoms with E-state index >= 15 is 0 Å². The summed E-state index contributed by atoms with van der Waals surface area (Å²) in [7, 11) is 0. The number of benzene rings is 1. The first-order chi connectivity index (χ1) is 9.65. The number of hydrogen-bond acceptors (Lipinski definition) is 6. The first kappa shape index (κ1) is 27.0. The number of aliphatic hydroxyl groups excluding tert-OH is 1. The number of nitrogens with one attached hydrogen (secondary N) is 1. The van der Waals surface area contributed by atoms with Crippen LogP contribution in [0.4, 0.5) is 0 Å². The average molecular weight is 360 g/mol. The Morgan fingerprint density at radius 2 is 1.65 bits per heavy atom. The van der Waals surface area contributed by atoms with E-state index in [9.17, 15) is 19.8 Å². The van der Waals surface area contributed by atoms with Gasteiger partial charge < -0.3 is 25.7 Å². The van der Waals surface area contributed by atoms with Gasteiger partial charge in [-0.05, 0) is 17.7 Å². The number of carbonyl (C=O) groups is 2. The van der Waals surface area contributed by atoms with Crippen molar-refractivity contribution < 1.29 is 30.0 Å². The van der Waals surface area contributed by atoms with E-state index in [0.29, 0.717) is 18.2 Å². The number of rotatable bonds is 5. The standard InChI is InChI=1S/C11H17NO3.C3H4O3.ClH.Na.H/c1-7(2)12-6-11(15)8-3-4-9(13)10(14)5-8;1-2(4)3(5)6;;;/h3-5,7,11-15H,6H2,1-2H3;1H3,(H,5,6);1H;;. The average Bonchev–Trinajstić information content (AvgIpc) is 2.39. The Morgan fingerprint density at radius 3 is 2.00 bits per heavy atom. The summed E-state index contributed by atoms with van der Waals surface area (Å²) in [6.45, 7) is 5.40. The molecule has 0 heterocycles. The van der Waals surface area contributed by atoms with Crippen molar-refractivity contribution in [3.8, 4) is 11.5 Å². The SMILES string of the molecule is CC(=O)C(=O)O.CC(C)NCC(O)c1ccc(O)c(O)c1.Cl.[NaH]. The van der Waals surface area contributed by atoms with Gasteiger partial charge in [0, 0.05) is 19.5 Å². The Kier molecular flexibility index (Phi) is 16.0. The van der Waals surface area contributed by atoms with Gasteiger partial charge >= 0.3 is 35.5 Å². The van der Waals surface area contributed by atoms with Crippen LogP contribution >= 0.6 is 12.4 Å². The number of carbonyl (C=O) groups excluding carboxylic acids is 1. The second-order valence-corrected chi connectivity index (χ2v) is 4.69. The molecule has 1 aromatic rings. The van der Waals surface area contributed by atoms with E-state index in [1.165, 1.54) is 12.1 Å². The van der Waals surface area contributed by atoms with Crippen molar-refractivity contribution in [2.75, 3.05) is 6.54 Å². The van der Waals surface area contributed by atoms with E-state index < -0.39 is 17.9 Å². The van der Waals surface area contributed by atoms with Gasteiger partial charge in [-0.2, -0.15) is 0 Å². The van der Waals surface area contributed by atoms with Gasteiger partial charge in [-0.25, -0.2) is 4.79 Å². The predicted molar refractivity (Wildman–Crippen MR) is 90.6 cm³/mol. The van der Waals surface area contributed by atoms with Crippen molar-refractivity contribution in [3.05, 3.63) is 23.8 Å². The van der Waals surface area contributed by atoms with Crippen molar-refractivity contribution in [2.24, 2.45) is 0 Å². The normalized spacial score (nSPS) is 10.5. The van der Waals surface area contributed by atoms with Gasteiger partial charge in [0.15, 0.2) is 11.5 Å². The van der Waals surface area contributed by atoms with Crippen LogP contribution < -0.4 is 5.32 Å². The van der Waals surface area contributed by atoms with E-state index in [1.54, 1.807) is 6.07 Å². The summed E-state index contributed by atoms with van der Waals surface area (Å²) in [5.74, 6) is -2.59. The van der Waals surface area contributed by atoms with E-state index in [4.69, 9.17) is 10.2 Å². The quantitative estimate of drug-likeness (QED) is 0.295. The fourth-order valence-electron chi connectivity index (χ4n) is 1.21. The molecule has 0 spiro atoms. The predicted octanol–water partition coefficient (Wildman–Crippen LogP) is 0.562. The Hall–Kier alpha value is -0.830. The molecule has 7 nitrogen and oxygen atoms in total. The summed E-state index contributed by atoms with van der Waals surface area (Å²) in [5.41, 5.74) is 0.582. The van der Waals surface area contributed by atoms with Crippen LogP contribution in [0.15, 0.2) is 18.2 Å². The molecule has 0 bridgehead atoms. The number of aliphatic hydroxyl groups is 1. The molecular weight excluding hydrogens is 337 g/mol. The second kappa shape index (κ2) is 13.6. The number of phenolic OH excluding ortho intramolecular Hbond substituents is 2. The Labute approximate surface area is 163 Å². The molecule has 0 aromatic heterocycles. The summed E-state index contributed by atoms with van der Waals surface area (Å²) in [5, 5.41) is 38.8. The van der Waals surface area contributed by atoms with Gasteiger partial charge in [-0.1, -0.05) is 19.9 Å². The molecule has 0 fully saturated rings. The molecule has 0 radical (unpaired) electrons. The van der Waals surface area contributed by atoms with E-state index in [-0.39, 0.29) is 53.5 Å². The van der Waals surface area contributed by atoms with Crippen LogP contribution in [0.3, 0.4) is 0 Å². The fraction of sp³-hybridized carbons (Fsp3) is 0.429. The molecule has 0 aliphatic carbocycles. The van der Waals surface area contributed by atoms with Crippen LogP contribution in [-0.2, 0) is 9.59 Å². The van der Waals surface area contributed by atoms with Crippen molar-refractivity contribution in [3.63, 3.8) is 0 Å². The summed E-state index contributed by atoms with van der Waals surface area (Å²) < 4.78 is 0. The van der Waals surface area contributed by atoms with Crippen molar-refractivity contribution >= 4 is 53.7 Å². The molecule has 0 amide bonds. The number of aromatic hydroxyl groups is 2. The van der Waals surface area contributed by atoms with E-state index in [1.807, 2.05) is 13.8 Å². The van der Waals surface area contributed by atoms with Crippen LogP contribution in [0.2, 0.25) is 0 Å². The minimum atomic E-state index is -1.38. The number of Topliss-reactive ketones (excluding diaryl/α,β-unsaturated/α-hetero) is 1. The molecule has 1 rings (SSSR count). The van der Waals surface area contributed by atoms with Crippen LogP contribution in [0.5, 0.6) is 11.5 Å².